The molecule has 0 aliphatic rings. The molecule has 0 amide bonds. The minimum absolute atomic E-state index is 0.485. The Bertz CT molecular complexity index is 420. The SMILES string of the molecule is CCCC(C)(NCc1ccccc1OCC)C(=O)O. The molecular formula is C15H23NO3. The van der Waals surface area contributed by atoms with Crippen LogP contribution in [0.5, 0.6) is 5.75 Å². The third-order valence-corrected chi connectivity index (χ3v) is 3.16. The highest BCUT2D eigenvalue weighted by Gasteiger charge is 2.31. The van der Waals surface area contributed by atoms with E-state index in [0.717, 1.165) is 17.7 Å². The van der Waals surface area contributed by atoms with Gasteiger partial charge in [0.25, 0.3) is 0 Å². The maximum absolute atomic E-state index is 11.3. The number of rotatable bonds is 8. The van der Waals surface area contributed by atoms with Crippen LogP contribution in [-0.4, -0.2) is 23.2 Å². The molecule has 2 N–H and O–H groups in total. The maximum Gasteiger partial charge on any atom is 0.323 e. The Balaban J connectivity index is 2.77. The number of ether oxygens (including phenoxy) is 1. The second-order valence-corrected chi connectivity index (χ2v) is 4.78. The second kappa shape index (κ2) is 7.14. The van der Waals surface area contributed by atoms with Gasteiger partial charge in [-0.15, -0.1) is 0 Å². The van der Waals surface area contributed by atoms with Gasteiger partial charge in [0, 0.05) is 12.1 Å². The zero-order chi connectivity index (χ0) is 14.3. The van der Waals surface area contributed by atoms with Gasteiger partial charge in [0.05, 0.1) is 6.61 Å². The molecular weight excluding hydrogens is 242 g/mol. The molecule has 4 nitrogen and oxygen atoms in total. The van der Waals surface area contributed by atoms with Gasteiger partial charge in [-0.05, 0) is 26.3 Å². The van der Waals surface area contributed by atoms with Crippen molar-refractivity contribution in [3.05, 3.63) is 29.8 Å². The zero-order valence-corrected chi connectivity index (χ0v) is 11.9. The van der Waals surface area contributed by atoms with Crippen LogP contribution in [0.3, 0.4) is 0 Å². The first-order valence-corrected chi connectivity index (χ1v) is 6.72. The van der Waals surface area contributed by atoms with Crippen LogP contribution in [0.2, 0.25) is 0 Å². The summed E-state index contributed by atoms with van der Waals surface area (Å²) in [7, 11) is 0. The molecule has 0 spiro atoms. The van der Waals surface area contributed by atoms with Crippen molar-refractivity contribution in [2.75, 3.05) is 6.61 Å². The second-order valence-electron chi connectivity index (χ2n) is 4.78. The first kappa shape index (κ1) is 15.5. The molecule has 0 heterocycles. The molecule has 1 atom stereocenters. The van der Waals surface area contributed by atoms with Crippen LogP contribution in [0, 0.1) is 0 Å². The third kappa shape index (κ3) is 4.24. The summed E-state index contributed by atoms with van der Waals surface area (Å²) in [5.41, 5.74) is 0.0848. The predicted molar refractivity (Wildman–Crippen MR) is 75.4 cm³/mol. The van der Waals surface area contributed by atoms with Crippen LogP contribution in [0.4, 0.5) is 0 Å². The smallest absolute Gasteiger partial charge is 0.323 e. The number of benzene rings is 1. The Morgan fingerprint density at radius 2 is 2.05 bits per heavy atom. The van der Waals surface area contributed by atoms with E-state index in [0.29, 0.717) is 19.6 Å². The minimum Gasteiger partial charge on any atom is -0.494 e. The molecule has 106 valence electrons. The molecule has 1 aromatic carbocycles. The predicted octanol–water partition coefficient (Wildman–Crippen LogP) is 2.82. The Hall–Kier alpha value is -1.55. The van der Waals surface area contributed by atoms with Gasteiger partial charge >= 0.3 is 5.97 Å². The van der Waals surface area contributed by atoms with Gasteiger partial charge in [-0.1, -0.05) is 31.5 Å². The molecule has 0 saturated heterocycles. The third-order valence-electron chi connectivity index (χ3n) is 3.16. The van der Waals surface area contributed by atoms with Crippen LogP contribution in [0.15, 0.2) is 24.3 Å². The summed E-state index contributed by atoms with van der Waals surface area (Å²) in [6.45, 7) is 6.73. The molecule has 0 aromatic heterocycles. The van der Waals surface area contributed by atoms with E-state index in [2.05, 4.69) is 5.32 Å². The molecule has 0 saturated carbocycles. The largest absolute Gasteiger partial charge is 0.494 e. The Morgan fingerprint density at radius 3 is 2.63 bits per heavy atom. The number of hydrogen-bond donors (Lipinski definition) is 2. The van der Waals surface area contributed by atoms with Crippen molar-refractivity contribution < 1.29 is 14.6 Å². The van der Waals surface area contributed by atoms with Crippen molar-refractivity contribution in [2.24, 2.45) is 0 Å². The fourth-order valence-electron chi connectivity index (χ4n) is 2.01. The van der Waals surface area contributed by atoms with Crippen molar-refractivity contribution in [1.82, 2.24) is 5.32 Å². The lowest BCUT2D eigenvalue weighted by molar-refractivity contribution is -0.144. The summed E-state index contributed by atoms with van der Waals surface area (Å²) in [5.74, 6) is -0.00928. The highest BCUT2D eigenvalue weighted by atomic mass is 16.5. The Labute approximate surface area is 114 Å². The first-order chi connectivity index (χ1) is 9.03. The van der Waals surface area contributed by atoms with Crippen molar-refractivity contribution in [2.45, 2.75) is 45.7 Å². The molecule has 1 unspecified atom stereocenters. The van der Waals surface area contributed by atoms with Gasteiger partial charge in [0.1, 0.15) is 11.3 Å². The minimum atomic E-state index is -0.895. The topological polar surface area (TPSA) is 58.6 Å². The molecule has 0 bridgehead atoms. The fraction of sp³-hybridized carbons (Fsp3) is 0.533. The Kier molecular flexibility index (Phi) is 5.83. The standard InChI is InChI=1S/C15H23NO3/c1-4-10-15(3,14(17)18)16-11-12-8-6-7-9-13(12)19-5-2/h6-9,16H,4-5,10-11H2,1-3H3,(H,17,18). The van der Waals surface area contributed by atoms with Crippen molar-refractivity contribution >= 4 is 5.97 Å². The van der Waals surface area contributed by atoms with Gasteiger partial charge in [-0.25, -0.2) is 0 Å². The van der Waals surface area contributed by atoms with E-state index in [1.807, 2.05) is 38.1 Å². The zero-order valence-electron chi connectivity index (χ0n) is 11.9. The lowest BCUT2D eigenvalue weighted by atomic mass is 9.96. The fourth-order valence-corrected chi connectivity index (χ4v) is 2.01. The number of carboxylic acids is 1. The molecule has 1 rings (SSSR count). The average molecular weight is 265 g/mol. The first-order valence-electron chi connectivity index (χ1n) is 6.72. The Morgan fingerprint density at radius 1 is 1.37 bits per heavy atom. The number of aliphatic carboxylic acids is 1. The molecule has 19 heavy (non-hydrogen) atoms. The molecule has 0 fully saturated rings. The van der Waals surface area contributed by atoms with Crippen LogP contribution >= 0.6 is 0 Å². The lowest BCUT2D eigenvalue weighted by Gasteiger charge is -2.26. The van der Waals surface area contributed by atoms with Gasteiger partial charge in [-0.2, -0.15) is 0 Å². The van der Waals surface area contributed by atoms with E-state index >= 15 is 0 Å². The normalized spacial score (nSPS) is 13.8. The van der Waals surface area contributed by atoms with Crippen LogP contribution in [0.1, 0.15) is 39.2 Å². The molecule has 0 radical (unpaired) electrons. The molecule has 4 heteroatoms. The van der Waals surface area contributed by atoms with E-state index in [1.165, 1.54) is 0 Å². The van der Waals surface area contributed by atoms with Gasteiger partial charge < -0.3 is 9.84 Å². The van der Waals surface area contributed by atoms with E-state index < -0.39 is 11.5 Å². The highest BCUT2D eigenvalue weighted by molar-refractivity contribution is 5.78. The van der Waals surface area contributed by atoms with E-state index in [1.54, 1.807) is 6.92 Å². The van der Waals surface area contributed by atoms with E-state index in [-0.39, 0.29) is 0 Å². The van der Waals surface area contributed by atoms with Crippen molar-refractivity contribution in [3.8, 4) is 5.75 Å². The summed E-state index contributed by atoms with van der Waals surface area (Å²) in [6.07, 6.45) is 1.42. The quantitative estimate of drug-likeness (QED) is 0.759. The summed E-state index contributed by atoms with van der Waals surface area (Å²) in [5, 5.41) is 12.5. The summed E-state index contributed by atoms with van der Waals surface area (Å²) in [6, 6.07) is 7.69. The van der Waals surface area contributed by atoms with Crippen LogP contribution in [-0.2, 0) is 11.3 Å². The number of hydrogen-bond acceptors (Lipinski definition) is 3. The van der Waals surface area contributed by atoms with Gasteiger partial charge in [0.2, 0.25) is 0 Å². The maximum atomic E-state index is 11.3. The van der Waals surface area contributed by atoms with E-state index in [4.69, 9.17) is 4.74 Å². The van der Waals surface area contributed by atoms with Gasteiger partial charge in [0.15, 0.2) is 0 Å². The van der Waals surface area contributed by atoms with Crippen LogP contribution in [0.25, 0.3) is 0 Å². The highest BCUT2D eigenvalue weighted by Crippen LogP contribution is 2.20. The number of para-hydroxylation sites is 1. The molecule has 1 aromatic rings. The van der Waals surface area contributed by atoms with Gasteiger partial charge in [-0.3, -0.25) is 10.1 Å². The summed E-state index contributed by atoms with van der Waals surface area (Å²) >= 11 is 0. The number of nitrogens with one attached hydrogen (secondary N) is 1. The molecule has 0 aliphatic heterocycles. The monoisotopic (exact) mass is 265 g/mol. The number of carboxylic acid groups (broad SMARTS) is 1. The van der Waals surface area contributed by atoms with Crippen LogP contribution < -0.4 is 10.1 Å². The van der Waals surface area contributed by atoms with Crippen molar-refractivity contribution in [3.63, 3.8) is 0 Å². The molecule has 0 aliphatic carbocycles. The van der Waals surface area contributed by atoms with E-state index in [9.17, 15) is 9.90 Å². The lowest BCUT2D eigenvalue weighted by Crippen LogP contribution is -2.48. The van der Waals surface area contributed by atoms with Crippen molar-refractivity contribution in [1.29, 1.82) is 0 Å². The average Bonchev–Trinajstić information content (AvgIpc) is 2.38. The summed E-state index contributed by atoms with van der Waals surface area (Å²) < 4.78 is 5.54. The summed E-state index contributed by atoms with van der Waals surface area (Å²) in [4.78, 5) is 11.3. The number of carbonyl (C=O) groups is 1.